The van der Waals surface area contributed by atoms with E-state index in [-0.39, 0.29) is 5.82 Å². The molecule has 0 amide bonds. The second-order valence-corrected chi connectivity index (χ2v) is 4.74. The molecule has 3 nitrogen and oxygen atoms in total. The molecule has 17 heavy (non-hydrogen) atoms. The summed E-state index contributed by atoms with van der Waals surface area (Å²) in [6, 6.07) is 5.76. The van der Waals surface area contributed by atoms with Gasteiger partial charge in [0, 0.05) is 18.8 Å². The Bertz CT molecular complexity index is 400. The summed E-state index contributed by atoms with van der Waals surface area (Å²) in [5.41, 5.74) is 1.58. The van der Waals surface area contributed by atoms with Gasteiger partial charge >= 0.3 is 0 Å². The van der Waals surface area contributed by atoms with Gasteiger partial charge < -0.3 is 15.0 Å². The molecule has 1 aromatic rings. The summed E-state index contributed by atoms with van der Waals surface area (Å²) in [7, 11) is 0. The number of nitrogens with zero attached hydrogens (tertiary/aromatic N) is 1. The Kier molecular flexibility index (Phi) is 2.89. The fourth-order valence-electron chi connectivity index (χ4n) is 2.37. The zero-order valence-corrected chi connectivity index (χ0v) is 9.79. The van der Waals surface area contributed by atoms with Crippen molar-refractivity contribution in [3.8, 4) is 0 Å². The first-order valence-corrected chi connectivity index (χ1v) is 6.22. The van der Waals surface area contributed by atoms with Crippen LogP contribution in [-0.2, 0) is 4.74 Å². The number of hydrogen-bond acceptors (Lipinski definition) is 3. The summed E-state index contributed by atoms with van der Waals surface area (Å²) < 4.78 is 19.0. The third-order valence-electron chi connectivity index (χ3n) is 3.40. The van der Waals surface area contributed by atoms with Crippen LogP contribution in [0.2, 0.25) is 0 Å². The van der Waals surface area contributed by atoms with Gasteiger partial charge in [0.05, 0.1) is 24.9 Å². The van der Waals surface area contributed by atoms with Crippen LogP contribution in [0.3, 0.4) is 0 Å². The quantitative estimate of drug-likeness (QED) is 0.871. The van der Waals surface area contributed by atoms with Gasteiger partial charge in [-0.2, -0.15) is 0 Å². The van der Waals surface area contributed by atoms with Crippen LogP contribution in [0.1, 0.15) is 12.8 Å². The van der Waals surface area contributed by atoms with Crippen molar-refractivity contribution < 1.29 is 9.13 Å². The summed E-state index contributed by atoms with van der Waals surface area (Å²) in [6.45, 7) is 3.38. The van der Waals surface area contributed by atoms with E-state index in [0.29, 0.717) is 6.04 Å². The Morgan fingerprint density at radius 3 is 2.59 bits per heavy atom. The van der Waals surface area contributed by atoms with Crippen molar-refractivity contribution in [3.05, 3.63) is 24.0 Å². The maximum absolute atomic E-state index is 14.0. The van der Waals surface area contributed by atoms with Crippen LogP contribution >= 0.6 is 0 Å². The van der Waals surface area contributed by atoms with Crippen LogP contribution in [0.15, 0.2) is 18.2 Å². The van der Waals surface area contributed by atoms with Crippen molar-refractivity contribution in [2.24, 2.45) is 0 Å². The highest BCUT2D eigenvalue weighted by Gasteiger charge is 2.19. The van der Waals surface area contributed by atoms with Crippen LogP contribution < -0.4 is 10.2 Å². The molecule has 1 N–H and O–H groups in total. The molecule has 2 aliphatic heterocycles. The van der Waals surface area contributed by atoms with Crippen LogP contribution in [0, 0.1) is 5.82 Å². The maximum Gasteiger partial charge on any atom is 0.148 e. The second kappa shape index (κ2) is 4.53. The molecule has 3 rings (SSSR count). The van der Waals surface area contributed by atoms with Crippen LogP contribution in [0.4, 0.5) is 15.8 Å². The summed E-state index contributed by atoms with van der Waals surface area (Å²) in [5, 5.41) is 3.25. The van der Waals surface area contributed by atoms with Crippen molar-refractivity contribution in [1.82, 2.24) is 0 Å². The molecule has 0 aromatic heterocycles. The zero-order valence-electron chi connectivity index (χ0n) is 9.79. The molecule has 0 unspecified atom stereocenters. The standard InChI is InChI=1S/C13H17FN2O/c14-12-7-10(15-11-8-17-9-11)3-4-13(12)16-5-1-2-6-16/h3-4,7,11,15H,1-2,5-6,8-9H2. The Morgan fingerprint density at radius 2 is 2.00 bits per heavy atom. The van der Waals surface area contributed by atoms with Crippen molar-refractivity contribution in [1.29, 1.82) is 0 Å². The summed E-state index contributed by atoms with van der Waals surface area (Å²) in [4.78, 5) is 2.12. The number of nitrogens with one attached hydrogen (secondary N) is 1. The first-order valence-electron chi connectivity index (χ1n) is 6.22. The molecule has 2 fully saturated rings. The van der Waals surface area contributed by atoms with Crippen molar-refractivity contribution in [3.63, 3.8) is 0 Å². The highest BCUT2D eigenvalue weighted by atomic mass is 19.1. The average Bonchev–Trinajstić information content (AvgIpc) is 2.77. The van der Waals surface area contributed by atoms with E-state index in [1.54, 1.807) is 6.07 Å². The predicted octanol–water partition coefficient (Wildman–Crippen LogP) is 2.24. The number of anilines is 2. The molecule has 0 atom stereocenters. The third kappa shape index (κ3) is 2.22. The minimum Gasteiger partial charge on any atom is -0.378 e. The summed E-state index contributed by atoms with van der Waals surface area (Å²) in [5.74, 6) is -0.128. The monoisotopic (exact) mass is 236 g/mol. The number of ether oxygens (including phenoxy) is 1. The van der Waals surface area contributed by atoms with Gasteiger partial charge in [-0.15, -0.1) is 0 Å². The highest BCUT2D eigenvalue weighted by molar-refractivity contribution is 5.57. The Labute approximate surface area is 101 Å². The Balaban J connectivity index is 1.73. The predicted molar refractivity (Wildman–Crippen MR) is 66.1 cm³/mol. The van der Waals surface area contributed by atoms with Crippen molar-refractivity contribution >= 4 is 11.4 Å². The minimum absolute atomic E-state index is 0.128. The lowest BCUT2D eigenvalue weighted by Gasteiger charge is -2.28. The van der Waals surface area contributed by atoms with Crippen LogP contribution in [-0.4, -0.2) is 32.3 Å². The van der Waals surface area contributed by atoms with Gasteiger partial charge in [-0.3, -0.25) is 0 Å². The van der Waals surface area contributed by atoms with Gasteiger partial charge in [0.15, 0.2) is 0 Å². The van der Waals surface area contributed by atoms with E-state index in [9.17, 15) is 4.39 Å². The number of hydrogen-bond donors (Lipinski definition) is 1. The first kappa shape index (κ1) is 10.8. The smallest absolute Gasteiger partial charge is 0.148 e. The second-order valence-electron chi connectivity index (χ2n) is 4.74. The van der Waals surface area contributed by atoms with Gasteiger partial charge in [0.25, 0.3) is 0 Å². The molecule has 0 saturated carbocycles. The van der Waals surface area contributed by atoms with Gasteiger partial charge in [-0.25, -0.2) is 4.39 Å². The van der Waals surface area contributed by atoms with Gasteiger partial charge in [0.2, 0.25) is 0 Å². The minimum atomic E-state index is -0.128. The van der Waals surface area contributed by atoms with Crippen molar-refractivity contribution in [2.75, 3.05) is 36.5 Å². The van der Waals surface area contributed by atoms with E-state index in [1.807, 2.05) is 12.1 Å². The Morgan fingerprint density at radius 1 is 1.24 bits per heavy atom. The van der Waals surface area contributed by atoms with E-state index in [4.69, 9.17) is 4.74 Å². The molecular formula is C13H17FN2O. The molecule has 1 aromatic carbocycles. The first-order chi connectivity index (χ1) is 8.33. The lowest BCUT2D eigenvalue weighted by molar-refractivity contribution is 0.0211. The third-order valence-corrected chi connectivity index (χ3v) is 3.40. The fourth-order valence-corrected chi connectivity index (χ4v) is 2.37. The summed E-state index contributed by atoms with van der Waals surface area (Å²) in [6.07, 6.45) is 2.33. The molecule has 2 heterocycles. The number of rotatable bonds is 3. The average molecular weight is 236 g/mol. The van der Waals surface area contributed by atoms with Crippen LogP contribution in [0.5, 0.6) is 0 Å². The molecule has 92 valence electrons. The Hall–Kier alpha value is -1.29. The molecule has 0 spiro atoms. The fraction of sp³-hybridized carbons (Fsp3) is 0.538. The topological polar surface area (TPSA) is 24.5 Å². The van der Waals surface area contributed by atoms with Crippen molar-refractivity contribution in [2.45, 2.75) is 18.9 Å². The summed E-state index contributed by atoms with van der Waals surface area (Å²) >= 11 is 0. The van der Waals surface area contributed by atoms with E-state index >= 15 is 0 Å². The molecular weight excluding hydrogens is 219 g/mol. The lowest BCUT2D eigenvalue weighted by Crippen LogP contribution is -2.40. The molecule has 4 heteroatoms. The van der Waals surface area contributed by atoms with Gasteiger partial charge in [-0.05, 0) is 31.0 Å². The van der Waals surface area contributed by atoms with Crippen LogP contribution in [0.25, 0.3) is 0 Å². The SMILES string of the molecule is Fc1cc(NC2COC2)ccc1N1CCCC1. The molecule has 0 aliphatic carbocycles. The molecule has 2 saturated heterocycles. The molecule has 0 radical (unpaired) electrons. The highest BCUT2D eigenvalue weighted by Crippen LogP contribution is 2.26. The number of halogens is 1. The molecule has 0 bridgehead atoms. The maximum atomic E-state index is 14.0. The van der Waals surface area contributed by atoms with E-state index in [2.05, 4.69) is 10.2 Å². The van der Waals surface area contributed by atoms with Gasteiger partial charge in [0.1, 0.15) is 5.82 Å². The zero-order chi connectivity index (χ0) is 11.7. The van der Waals surface area contributed by atoms with E-state index in [0.717, 1.165) is 37.7 Å². The normalized spacial score (nSPS) is 20.4. The number of benzene rings is 1. The largest absolute Gasteiger partial charge is 0.378 e. The van der Waals surface area contributed by atoms with E-state index < -0.39 is 0 Å². The van der Waals surface area contributed by atoms with E-state index in [1.165, 1.54) is 12.8 Å². The molecule has 2 aliphatic rings. The van der Waals surface area contributed by atoms with Gasteiger partial charge in [-0.1, -0.05) is 0 Å². The lowest BCUT2D eigenvalue weighted by atomic mass is 10.2.